The summed E-state index contributed by atoms with van der Waals surface area (Å²) >= 11 is 0. The molecule has 1 unspecified atom stereocenters. The molecule has 5 nitrogen and oxygen atoms in total. The number of aryl methyl sites for hydroxylation is 1. The van der Waals surface area contributed by atoms with E-state index in [1.165, 1.54) is 6.20 Å². The molecule has 1 aromatic rings. The number of carbonyl (C=O) groups is 1. The van der Waals surface area contributed by atoms with Gasteiger partial charge < -0.3 is 15.4 Å². The van der Waals surface area contributed by atoms with E-state index < -0.39 is 0 Å². The summed E-state index contributed by atoms with van der Waals surface area (Å²) in [6.45, 7) is 1.79. The first-order chi connectivity index (χ1) is 8.63. The molecule has 1 saturated carbocycles. The minimum atomic E-state index is -0.369. The van der Waals surface area contributed by atoms with E-state index in [1.807, 2.05) is 0 Å². The highest BCUT2D eigenvalue weighted by atomic mass is 16.3. The molecule has 1 amide bonds. The van der Waals surface area contributed by atoms with Crippen LogP contribution in [0, 0.1) is 12.8 Å². The molecule has 1 atom stereocenters. The van der Waals surface area contributed by atoms with Crippen molar-refractivity contribution in [3.63, 3.8) is 0 Å². The number of rotatable bonds is 5. The Morgan fingerprint density at radius 2 is 2.33 bits per heavy atom. The fourth-order valence-electron chi connectivity index (χ4n) is 2.16. The van der Waals surface area contributed by atoms with E-state index in [9.17, 15) is 9.59 Å². The molecule has 5 heteroatoms. The standard InChI is InChI=1S/C13H18N2O3/c1-8-4-6-14-12(17)11(8)13(18)15-10(5-7-16)9-2-3-9/h4,6,9-10,16H,2-3,5,7H2,1H3,(H,14,17)(H,15,18). The van der Waals surface area contributed by atoms with Gasteiger partial charge in [-0.1, -0.05) is 0 Å². The highest BCUT2D eigenvalue weighted by molar-refractivity contribution is 5.95. The van der Waals surface area contributed by atoms with Crippen LogP contribution in [0.25, 0.3) is 0 Å². The first-order valence-corrected chi connectivity index (χ1v) is 6.23. The summed E-state index contributed by atoms with van der Waals surface area (Å²) < 4.78 is 0. The maximum absolute atomic E-state index is 12.1. The normalized spacial score (nSPS) is 16.3. The molecule has 0 radical (unpaired) electrons. The lowest BCUT2D eigenvalue weighted by molar-refractivity contribution is 0.0922. The van der Waals surface area contributed by atoms with Crippen LogP contribution in [0.5, 0.6) is 0 Å². The first-order valence-electron chi connectivity index (χ1n) is 6.23. The van der Waals surface area contributed by atoms with Crippen LogP contribution in [-0.4, -0.2) is 28.6 Å². The fraction of sp³-hybridized carbons (Fsp3) is 0.538. The predicted molar refractivity (Wildman–Crippen MR) is 67.5 cm³/mol. The largest absolute Gasteiger partial charge is 0.396 e. The second-order valence-electron chi connectivity index (χ2n) is 4.79. The molecule has 3 N–H and O–H groups in total. The zero-order chi connectivity index (χ0) is 13.1. The van der Waals surface area contributed by atoms with Crippen molar-refractivity contribution in [1.82, 2.24) is 10.3 Å². The Bertz CT molecular complexity index is 491. The first kappa shape index (κ1) is 12.8. The van der Waals surface area contributed by atoms with Gasteiger partial charge in [-0.15, -0.1) is 0 Å². The van der Waals surface area contributed by atoms with Crippen LogP contribution in [0.1, 0.15) is 35.2 Å². The lowest BCUT2D eigenvalue weighted by Crippen LogP contribution is -2.40. The number of amides is 1. The average Bonchev–Trinajstić information content (AvgIpc) is 3.12. The SMILES string of the molecule is Cc1cc[nH]c(=O)c1C(=O)NC(CCO)C1CC1. The molecule has 0 spiro atoms. The summed E-state index contributed by atoms with van der Waals surface area (Å²) in [6, 6.07) is 1.68. The van der Waals surface area contributed by atoms with Crippen molar-refractivity contribution in [2.45, 2.75) is 32.2 Å². The Labute approximate surface area is 105 Å². The van der Waals surface area contributed by atoms with Crippen LogP contribution < -0.4 is 10.9 Å². The average molecular weight is 250 g/mol. The lowest BCUT2D eigenvalue weighted by atomic mass is 10.1. The number of pyridine rings is 1. The number of carbonyl (C=O) groups excluding carboxylic acids is 1. The molecule has 98 valence electrons. The highest BCUT2D eigenvalue weighted by Gasteiger charge is 2.32. The summed E-state index contributed by atoms with van der Waals surface area (Å²) in [6.07, 6.45) is 4.23. The Morgan fingerprint density at radius 3 is 2.89 bits per heavy atom. The molecule has 1 fully saturated rings. The van der Waals surface area contributed by atoms with Crippen LogP contribution in [0.3, 0.4) is 0 Å². The van der Waals surface area contributed by atoms with E-state index in [-0.39, 0.29) is 29.7 Å². The minimum absolute atomic E-state index is 0.0264. The molecule has 0 aliphatic heterocycles. The van der Waals surface area contributed by atoms with Crippen molar-refractivity contribution in [2.24, 2.45) is 5.92 Å². The molecule has 0 saturated heterocycles. The van der Waals surface area contributed by atoms with Crippen molar-refractivity contribution in [2.75, 3.05) is 6.61 Å². The number of nitrogens with one attached hydrogen (secondary N) is 2. The predicted octanol–water partition coefficient (Wildman–Crippen LogP) is 0.574. The number of aliphatic hydroxyl groups excluding tert-OH is 1. The van der Waals surface area contributed by atoms with Crippen molar-refractivity contribution in [1.29, 1.82) is 0 Å². The topological polar surface area (TPSA) is 82.2 Å². The van der Waals surface area contributed by atoms with Gasteiger partial charge in [0, 0.05) is 18.8 Å². The van der Waals surface area contributed by atoms with E-state index >= 15 is 0 Å². The molecular weight excluding hydrogens is 232 g/mol. The molecule has 1 aliphatic carbocycles. The van der Waals surface area contributed by atoms with Gasteiger partial charge in [0.2, 0.25) is 0 Å². The number of hydrogen-bond donors (Lipinski definition) is 3. The highest BCUT2D eigenvalue weighted by Crippen LogP contribution is 2.34. The smallest absolute Gasteiger partial charge is 0.261 e. The lowest BCUT2D eigenvalue weighted by Gasteiger charge is -2.17. The summed E-state index contributed by atoms with van der Waals surface area (Å²) in [5, 5.41) is 11.8. The van der Waals surface area contributed by atoms with Crippen LogP contribution in [0.15, 0.2) is 17.1 Å². The van der Waals surface area contributed by atoms with Gasteiger partial charge in [-0.2, -0.15) is 0 Å². The van der Waals surface area contributed by atoms with E-state index in [0.29, 0.717) is 17.9 Å². The van der Waals surface area contributed by atoms with E-state index in [0.717, 1.165) is 12.8 Å². The van der Waals surface area contributed by atoms with Gasteiger partial charge in [0.15, 0.2) is 0 Å². The van der Waals surface area contributed by atoms with Crippen molar-refractivity contribution >= 4 is 5.91 Å². The Hall–Kier alpha value is -1.62. The second-order valence-corrected chi connectivity index (χ2v) is 4.79. The van der Waals surface area contributed by atoms with Gasteiger partial charge >= 0.3 is 0 Å². The zero-order valence-electron chi connectivity index (χ0n) is 10.4. The molecule has 2 rings (SSSR count). The number of hydrogen-bond acceptors (Lipinski definition) is 3. The Kier molecular flexibility index (Phi) is 3.81. The number of H-pyrrole nitrogens is 1. The van der Waals surface area contributed by atoms with Gasteiger partial charge in [0.05, 0.1) is 0 Å². The quantitative estimate of drug-likeness (QED) is 0.714. The number of aromatic nitrogens is 1. The molecule has 18 heavy (non-hydrogen) atoms. The minimum Gasteiger partial charge on any atom is -0.396 e. The summed E-state index contributed by atoms with van der Waals surface area (Å²) in [4.78, 5) is 26.2. The molecule has 1 aliphatic rings. The van der Waals surface area contributed by atoms with Gasteiger partial charge in [-0.05, 0) is 43.7 Å². The Balaban J connectivity index is 2.13. The third-order valence-electron chi connectivity index (χ3n) is 3.34. The molecular formula is C13H18N2O3. The van der Waals surface area contributed by atoms with Gasteiger partial charge in [-0.25, -0.2) is 0 Å². The zero-order valence-corrected chi connectivity index (χ0v) is 10.4. The van der Waals surface area contributed by atoms with E-state index in [4.69, 9.17) is 5.11 Å². The van der Waals surface area contributed by atoms with E-state index in [2.05, 4.69) is 10.3 Å². The summed E-state index contributed by atoms with van der Waals surface area (Å²) in [5.74, 6) is 0.101. The van der Waals surface area contributed by atoms with Crippen molar-refractivity contribution in [3.05, 3.63) is 33.7 Å². The van der Waals surface area contributed by atoms with Crippen LogP contribution >= 0.6 is 0 Å². The number of aromatic amines is 1. The van der Waals surface area contributed by atoms with Crippen molar-refractivity contribution in [3.8, 4) is 0 Å². The monoisotopic (exact) mass is 250 g/mol. The fourth-order valence-corrected chi connectivity index (χ4v) is 2.16. The third kappa shape index (κ3) is 2.79. The van der Waals surface area contributed by atoms with Crippen molar-refractivity contribution < 1.29 is 9.90 Å². The number of aliphatic hydroxyl groups is 1. The van der Waals surface area contributed by atoms with Crippen LogP contribution in [0.2, 0.25) is 0 Å². The van der Waals surface area contributed by atoms with Crippen LogP contribution in [0.4, 0.5) is 0 Å². The maximum atomic E-state index is 12.1. The van der Waals surface area contributed by atoms with Crippen LogP contribution in [-0.2, 0) is 0 Å². The summed E-state index contributed by atoms with van der Waals surface area (Å²) in [7, 11) is 0. The molecule has 1 aromatic heterocycles. The Morgan fingerprint density at radius 1 is 1.61 bits per heavy atom. The molecule has 0 aromatic carbocycles. The van der Waals surface area contributed by atoms with E-state index in [1.54, 1.807) is 13.0 Å². The van der Waals surface area contributed by atoms with Gasteiger partial charge in [0.1, 0.15) is 5.56 Å². The second kappa shape index (κ2) is 5.35. The molecule has 0 bridgehead atoms. The van der Waals surface area contributed by atoms with Gasteiger partial charge in [0.25, 0.3) is 11.5 Å². The molecule has 1 heterocycles. The summed E-state index contributed by atoms with van der Waals surface area (Å²) in [5.41, 5.74) is 0.460. The maximum Gasteiger partial charge on any atom is 0.261 e. The van der Waals surface area contributed by atoms with Gasteiger partial charge in [-0.3, -0.25) is 9.59 Å². The third-order valence-corrected chi connectivity index (χ3v) is 3.34.